The van der Waals surface area contributed by atoms with Crippen LogP contribution in [0.25, 0.3) is 0 Å². The van der Waals surface area contributed by atoms with Crippen LogP contribution in [0.15, 0.2) is 0 Å². The highest BCUT2D eigenvalue weighted by Crippen LogP contribution is 2.31. The highest BCUT2D eigenvalue weighted by molar-refractivity contribution is 4.99. The Morgan fingerprint density at radius 2 is 1.14 bits per heavy atom. The van der Waals surface area contributed by atoms with Gasteiger partial charge < -0.3 is 66.3 Å². The lowest BCUT2D eigenvalue weighted by Gasteiger charge is -2.45. The van der Waals surface area contributed by atoms with Crippen molar-refractivity contribution in [2.75, 3.05) is 13.2 Å². The van der Waals surface area contributed by atoms with Crippen molar-refractivity contribution in [2.24, 2.45) is 5.73 Å². The molecule has 0 aliphatic carbocycles. The predicted octanol–water partition coefficient (Wildman–Crippen LogP) is -6.54. The number of aliphatic hydroxyl groups excluding tert-OH is 8. The van der Waals surface area contributed by atoms with E-state index in [1.165, 1.54) is 0 Å². The molecule has 2 aliphatic heterocycles. The normalized spacial score (nSPS) is 45.2. The number of hydrogen-bond acceptors (Lipinski definition) is 13. The van der Waals surface area contributed by atoms with Gasteiger partial charge in [0.05, 0.1) is 19.3 Å². The molecule has 12 N–H and O–H groups in total. The van der Waals surface area contributed by atoms with Gasteiger partial charge in [-0.05, 0) is 6.42 Å². The fourth-order valence-electron chi connectivity index (χ4n) is 3.74. The molecule has 2 rings (SSSR count). The first-order valence-electron chi connectivity index (χ1n) is 9.26. The van der Waals surface area contributed by atoms with Gasteiger partial charge in [0.15, 0.2) is 5.79 Å². The maximum atomic E-state index is 10.4. The monoisotopic (exact) mass is 429 g/mol. The summed E-state index contributed by atoms with van der Waals surface area (Å²) in [6.45, 7) is -1.39. The van der Waals surface area contributed by atoms with Crippen LogP contribution in [0.5, 0.6) is 0 Å². The molecule has 1 unspecified atom stereocenters. The van der Waals surface area contributed by atoms with Crippen molar-refractivity contribution in [3.05, 3.63) is 0 Å². The molecule has 0 aromatic heterocycles. The van der Waals surface area contributed by atoms with Gasteiger partial charge in [-0.3, -0.25) is 0 Å². The van der Waals surface area contributed by atoms with Gasteiger partial charge in [-0.25, -0.2) is 0 Å². The lowest BCUT2D eigenvalue weighted by atomic mass is 9.86. The molecule has 29 heavy (non-hydrogen) atoms. The Kier molecular flexibility index (Phi) is 8.31. The molecule has 13 nitrogen and oxygen atoms in total. The number of nitrogens with two attached hydrogens (primary N) is 1. The van der Waals surface area contributed by atoms with Crippen molar-refractivity contribution >= 4 is 0 Å². The van der Waals surface area contributed by atoms with Crippen LogP contribution in [-0.4, -0.2) is 137 Å². The van der Waals surface area contributed by atoms with Crippen molar-refractivity contribution in [3.8, 4) is 0 Å². The number of hydrogen-bond donors (Lipinski definition) is 11. The third-order valence-corrected chi connectivity index (χ3v) is 5.44. The second-order valence-electron chi connectivity index (χ2n) is 7.70. The molecule has 2 heterocycles. The smallest absolute Gasteiger partial charge is 0.193 e. The molecule has 2 fully saturated rings. The largest absolute Gasteiger partial charge is 0.394 e. The van der Waals surface area contributed by atoms with Gasteiger partial charge >= 0.3 is 0 Å². The Labute approximate surface area is 166 Å². The van der Waals surface area contributed by atoms with Crippen molar-refractivity contribution < 1.29 is 60.5 Å². The molecule has 2 aliphatic rings. The van der Waals surface area contributed by atoms with Crippen LogP contribution in [0, 0.1) is 0 Å². The molecule has 0 saturated carbocycles. The number of ether oxygens (including phenoxy) is 2. The minimum absolute atomic E-state index is 0.234. The zero-order chi connectivity index (χ0) is 22.1. The Hall–Kier alpha value is -0.520. The summed E-state index contributed by atoms with van der Waals surface area (Å²) in [4.78, 5) is 0. The first kappa shape index (κ1) is 24.7. The van der Waals surface area contributed by atoms with Crippen LogP contribution < -0.4 is 5.73 Å². The van der Waals surface area contributed by atoms with Gasteiger partial charge in [0, 0.05) is 12.5 Å². The summed E-state index contributed by atoms with van der Waals surface area (Å²) < 4.78 is 10.4. The van der Waals surface area contributed by atoms with E-state index in [4.69, 9.17) is 15.2 Å². The average Bonchev–Trinajstić information content (AvgIpc) is 2.66. The van der Waals surface area contributed by atoms with Crippen LogP contribution in [0.2, 0.25) is 0 Å². The van der Waals surface area contributed by atoms with Crippen molar-refractivity contribution in [3.63, 3.8) is 0 Å². The molecule has 0 aromatic rings. The molecule has 0 bridgehead atoms. The van der Waals surface area contributed by atoms with Crippen molar-refractivity contribution in [2.45, 2.75) is 85.7 Å². The highest BCUT2D eigenvalue weighted by Gasteiger charge is 2.52. The molecular formula is C16H31NO12. The SMILES string of the molecule is NC(C[C@@H]1O[C@H](CO)[C@@H](O)[C@H](O)[C@@H]1O)CC(O)(O)[C@@H]1O[C@H](CO)[C@@H](O)[C@H](O)[C@@H]1O. The van der Waals surface area contributed by atoms with Crippen LogP contribution >= 0.6 is 0 Å². The van der Waals surface area contributed by atoms with E-state index in [-0.39, 0.29) is 6.42 Å². The Balaban J connectivity index is 2.04. The quantitative estimate of drug-likeness (QED) is 0.169. The molecule has 0 amide bonds. The molecule has 0 aromatic carbocycles. The lowest BCUT2D eigenvalue weighted by molar-refractivity contribution is -0.323. The first-order valence-corrected chi connectivity index (χ1v) is 9.26. The zero-order valence-electron chi connectivity index (χ0n) is 15.5. The average molecular weight is 429 g/mol. The van der Waals surface area contributed by atoms with E-state index < -0.39 is 92.5 Å². The molecule has 172 valence electrons. The zero-order valence-corrected chi connectivity index (χ0v) is 15.5. The van der Waals surface area contributed by atoms with Crippen molar-refractivity contribution in [1.82, 2.24) is 0 Å². The summed E-state index contributed by atoms with van der Waals surface area (Å²) in [5, 5.41) is 98.4. The Morgan fingerprint density at radius 1 is 0.690 bits per heavy atom. The molecular weight excluding hydrogens is 398 g/mol. The summed E-state index contributed by atoms with van der Waals surface area (Å²) in [7, 11) is 0. The van der Waals surface area contributed by atoms with E-state index in [0.717, 1.165) is 0 Å². The Morgan fingerprint density at radius 3 is 1.66 bits per heavy atom. The third-order valence-electron chi connectivity index (χ3n) is 5.44. The van der Waals surface area contributed by atoms with Crippen LogP contribution in [0.1, 0.15) is 12.8 Å². The van der Waals surface area contributed by atoms with E-state index in [9.17, 15) is 51.1 Å². The summed E-state index contributed by atoms with van der Waals surface area (Å²) in [6, 6.07) is -1.10. The first-order chi connectivity index (χ1) is 13.4. The highest BCUT2D eigenvalue weighted by atomic mass is 16.6. The summed E-state index contributed by atoms with van der Waals surface area (Å²) in [5.41, 5.74) is 5.88. The van der Waals surface area contributed by atoms with Gasteiger partial charge in [0.1, 0.15) is 54.9 Å². The summed E-state index contributed by atoms with van der Waals surface area (Å²) in [5.74, 6) is -2.80. The minimum atomic E-state index is -2.80. The fourth-order valence-corrected chi connectivity index (χ4v) is 3.74. The predicted molar refractivity (Wildman–Crippen MR) is 91.9 cm³/mol. The second kappa shape index (κ2) is 9.74. The molecule has 0 radical (unpaired) electrons. The minimum Gasteiger partial charge on any atom is -0.394 e. The van der Waals surface area contributed by atoms with E-state index >= 15 is 0 Å². The van der Waals surface area contributed by atoms with Crippen LogP contribution in [0.3, 0.4) is 0 Å². The number of rotatable bonds is 7. The maximum absolute atomic E-state index is 10.4. The van der Waals surface area contributed by atoms with Crippen LogP contribution in [-0.2, 0) is 9.47 Å². The van der Waals surface area contributed by atoms with Crippen LogP contribution in [0.4, 0.5) is 0 Å². The van der Waals surface area contributed by atoms with Crippen molar-refractivity contribution in [1.29, 1.82) is 0 Å². The second-order valence-corrected chi connectivity index (χ2v) is 7.70. The van der Waals surface area contributed by atoms with Gasteiger partial charge in [0.25, 0.3) is 0 Å². The fraction of sp³-hybridized carbons (Fsp3) is 1.00. The summed E-state index contributed by atoms with van der Waals surface area (Å²) >= 11 is 0. The molecule has 13 heteroatoms. The molecule has 11 atom stereocenters. The standard InChI is InChI=1S/C16H31NO12/c17-5(1-6-9(20)12(23)10(21)7(3-18)28-6)2-16(26,27)15-14(25)13(24)11(22)8(4-19)29-15/h5-15,18-27H,1-4,17H2/t5?,6-,7+,8+,9+,10+,11+,12+,13-,14-,15+/m0/s1. The van der Waals surface area contributed by atoms with Gasteiger partial charge in [-0.2, -0.15) is 0 Å². The topological polar surface area (TPSA) is 247 Å². The third kappa shape index (κ3) is 5.22. The van der Waals surface area contributed by atoms with E-state index in [1.54, 1.807) is 0 Å². The molecule has 2 saturated heterocycles. The van der Waals surface area contributed by atoms with Gasteiger partial charge in [0.2, 0.25) is 0 Å². The lowest BCUT2D eigenvalue weighted by Crippen LogP contribution is -2.66. The maximum Gasteiger partial charge on any atom is 0.193 e. The molecule has 0 spiro atoms. The number of aliphatic hydroxyl groups is 10. The van der Waals surface area contributed by atoms with Gasteiger partial charge in [-0.1, -0.05) is 0 Å². The van der Waals surface area contributed by atoms with E-state index in [1.807, 2.05) is 0 Å². The summed E-state index contributed by atoms with van der Waals surface area (Å²) in [6.07, 6.45) is -16.5. The van der Waals surface area contributed by atoms with Gasteiger partial charge in [-0.15, -0.1) is 0 Å². The van der Waals surface area contributed by atoms with E-state index in [0.29, 0.717) is 0 Å². The van der Waals surface area contributed by atoms with E-state index in [2.05, 4.69) is 0 Å². The Bertz CT molecular complexity index is 520.